The molecule has 3 N–H and O–H groups in total. The first-order chi connectivity index (χ1) is 9.56. The van der Waals surface area contributed by atoms with Crippen molar-refractivity contribution in [2.75, 3.05) is 11.5 Å². The number of hydrogen-bond donors (Lipinski definition) is 2. The number of benzene rings is 1. The second-order valence-electron chi connectivity index (χ2n) is 4.28. The summed E-state index contributed by atoms with van der Waals surface area (Å²) in [6.45, 7) is 1.95. The SMILES string of the molecule is CC(NC(=O)CSc1ccc(F)cc1N)c1cccs1. The topological polar surface area (TPSA) is 55.1 Å². The molecule has 0 fully saturated rings. The lowest BCUT2D eigenvalue weighted by Gasteiger charge is -2.12. The molecule has 106 valence electrons. The highest BCUT2D eigenvalue weighted by atomic mass is 32.2. The number of anilines is 1. The van der Waals surface area contributed by atoms with Gasteiger partial charge in [-0.2, -0.15) is 0 Å². The molecule has 2 rings (SSSR count). The van der Waals surface area contributed by atoms with Crippen LogP contribution in [-0.4, -0.2) is 11.7 Å². The van der Waals surface area contributed by atoms with Crippen molar-refractivity contribution < 1.29 is 9.18 Å². The molecule has 0 aliphatic rings. The molecule has 0 aliphatic heterocycles. The molecule has 0 bridgehead atoms. The van der Waals surface area contributed by atoms with Gasteiger partial charge in [-0.15, -0.1) is 23.1 Å². The van der Waals surface area contributed by atoms with E-state index in [0.717, 1.165) is 4.88 Å². The monoisotopic (exact) mass is 310 g/mol. The summed E-state index contributed by atoms with van der Waals surface area (Å²) in [5.74, 6) is -0.187. The molecular formula is C14H15FN2OS2. The standard InChI is InChI=1S/C14H15FN2OS2/c1-9(12-3-2-6-19-12)17-14(18)8-20-13-5-4-10(15)7-11(13)16/h2-7,9H,8,16H2,1H3,(H,17,18). The molecule has 6 heteroatoms. The number of amides is 1. The fourth-order valence-corrected chi connectivity index (χ4v) is 3.18. The van der Waals surface area contributed by atoms with Gasteiger partial charge in [0.05, 0.1) is 11.8 Å². The molecule has 0 saturated carbocycles. The van der Waals surface area contributed by atoms with Crippen LogP contribution in [0.3, 0.4) is 0 Å². The molecule has 0 saturated heterocycles. The molecule has 1 aromatic carbocycles. The summed E-state index contributed by atoms with van der Waals surface area (Å²) in [4.78, 5) is 13.7. The van der Waals surface area contributed by atoms with Crippen LogP contribution in [0.5, 0.6) is 0 Å². The van der Waals surface area contributed by atoms with E-state index in [1.54, 1.807) is 17.4 Å². The van der Waals surface area contributed by atoms with Crippen molar-refractivity contribution in [1.82, 2.24) is 5.32 Å². The average Bonchev–Trinajstić information content (AvgIpc) is 2.91. The van der Waals surface area contributed by atoms with E-state index < -0.39 is 0 Å². The number of carbonyl (C=O) groups excluding carboxylic acids is 1. The molecule has 1 atom stereocenters. The van der Waals surface area contributed by atoms with Gasteiger partial charge in [0.2, 0.25) is 5.91 Å². The summed E-state index contributed by atoms with van der Waals surface area (Å²) >= 11 is 2.91. The van der Waals surface area contributed by atoms with E-state index in [9.17, 15) is 9.18 Å². The van der Waals surface area contributed by atoms with Gasteiger partial charge in [0, 0.05) is 15.5 Å². The number of nitrogen functional groups attached to an aromatic ring is 1. The van der Waals surface area contributed by atoms with Gasteiger partial charge in [0.15, 0.2) is 0 Å². The summed E-state index contributed by atoms with van der Waals surface area (Å²) < 4.78 is 12.9. The third-order valence-electron chi connectivity index (χ3n) is 2.68. The van der Waals surface area contributed by atoms with Crippen molar-refractivity contribution in [2.45, 2.75) is 17.9 Å². The number of rotatable bonds is 5. The highest BCUT2D eigenvalue weighted by Crippen LogP contribution is 2.25. The number of nitrogens with two attached hydrogens (primary N) is 1. The minimum absolute atomic E-state index is 0.00587. The maximum absolute atomic E-state index is 12.9. The zero-order valence-electron chi connectivity index (χ0n) is 10.9. The van der Waals surface area contributed by atoms with Crippen molar-refractivity contribution in [3.63, 3.8) is 0 Å². The molecule has 1 unspecified atom stereocenters. The normalized spacial score (nSPS) is 12.1. The van der Waals surface area contributed by atoms with Gasteiger partial charge in [0.25, 0.3) is 0 Å². The first-order valence-corrected chi connectivity index (χ1v) is 7.93. The fraction of sp³-hybridized carbons (Fsp3) is 0.214. The van der Waals surface area contributed by atoms with Crippen molar-refractivity contribution in [3.8, 4) is 0 Å². The van der Waals surface area contributed by atoms with Gasteiger partial charge in [-0.25, -0.2) is 4.39 Å². The third kappa shape index (κ3) is 3.98. The van der Waals surface area contributed by atoms with Crippen LogP contribution < -0.4 is 11.1 Å². The Bertz CT molecular complexity index is 587. The smallest absolute Gasteiger partial charge is 0.230 e. The number of nitrogens with one attached hydrogen (secondary N) is 1. The minimum atomic E-state index is -0.373. The van der Waals surface area contributed by atoms with Gasteiger partial charge in [-0.1, -0.05) is 6.07 Å². The van der Waals surface area contributed by atoms with Crippen molar-refractivity contribution >= 4 is 34.7 Å². The molecule has 0 radical (unpaired) electrons. The summed E-state index contributed by atoms with van der Waals surface area (Å²) in [5.41, 5.74) is 6.05. The number of halogens is 1. The highest BCUT2D eigenvalue weighted by Gasteiger charge is 2.11. The Morgan fingerprint density at radius 1 is 1.50 bits per heavy atom. The molecule has 0 aliphatic carbocycles. The Kier molecular flexibility index (Phi) is 5.03. The Labute approximate surface area is 125 Å². The van der Waals surface area contributed by atoms with Gasteiger partial charge in [-0.3, -0.25) is 4.79 Å². The molecular weight excluding hydrogens is 295 g/mol. The van der Waals surface area contributed by atoms with Gasteiger partial charge in [-0.05, 0) is 36.6 Å². The maximum Gasteiger partial charge on any atom is 0.230 e. The van der Waals surface area contributed by atoms with Crippen LogP contribution in [0.25, 0.3) is 0 Å². The zero-order valence-corrected chi connectivity index (χ0v) is 12.6. The van der Waals surface area contributed by atoms with Gasteiger partial charge >= 0.3 is 0 Å². The lowest BCUT2D eigenvalue weighted by Crippen LogP contribution is -2.27. The van der Waals surface area contributed by atoms with Crippen molar-refractivity contribution in [3.05, 3.63) is 46.4 Å². The van der Waals surface area contributed by atoms with Crippen LogP contribution >= 0.6 is 23.1 Å². The van der Waals surface area contributed by atoms with Crippen LogP contribution in [0.1, 0.15) is 17.8 Å². The van der Waals surface area contributed by atoms with Gasteiger partial charge in [0.1, 0.15) is 5.82 Å². The largest absolute Gasteiger partial charge is 0.398 e. The first-order valence-electron chi connectivity index (χ1n) is 6.07. The molecule has 0 spiro atoms. The number of thiophene rings is 1. The molecule has 20 heavy (non-hydrogen) atoms. The van der Waals surface area contributed by atoms with Crippen LogP contribution in [0.15, 0.2) is 40.6 Å². The second-order valence-corrected chi connectivity index (χ2v) is 6.27. The Balaban J connectivity index is 1.86. The first kappa shape index (κ1) is 14.9. The van der Waals surface area contributed by atoms with Crippen molar-refractivity contribution in [2.24, 2.45) is 0 Å². The summed E-state index contributed by atoms with van der Waals surface area (Å²) in [7, 11) is 0. The molecule has 1 heterocycles. The average molecular weight is 310 g/mol. The van der Waals surface area contributed by atoms with E-state index in [2.05, 4.69) is 5.32 Å². The molecule has 2 aromatic rings. The molecule has 1 amide bonds. The Morgan fingerprint density at radius 2 is 2.30 bits per heavy atom. The fourth-order valence-electron chi connectivity index (χ4n) is 1.69. The predicted molar refractivity (Wildman–Crippen MR) is 82.4 cm³/mol. The Morgan fingerprint density at radius 3 is 2.95 bits per heavy atom. The number of thioether (sulfide) groups is 1. The van der Waals surface area contributed by atoms with Crippen LogP contribution in [0, 0.1) is 5.82 Å². The predicted octanol–water partition coefficient (Wildman–Crippen LogP) is 3.44. The summed E-state index contributed by atoms with van der Waals surface area (Å²) in [6.07, 6.45) is 0. The third-order valence-corrected chi connectivity index (χ3v) is 4.82. The molecule has 3 nitrogen and oxygen atoms in total. The van der Waals surface area contributed by atoms with Gasteiger partial charge < -0.3 is 11.1 Å². The summed E-state index contributed by atoms with van der Waals surface area (Å²) in [5, 5.41) is 4.90. The number of carbonyl (C=O) groups is 1. The van der Waals surface area contributed by atoms with Crippen molar-refractivity contribution in [1.29, 1.82) is 0 Å². The maximum atomic E-state index is 12.9. The highest BCUT2D eigenvalue weighted by molar-refractivity contribution is 8.00. The lowest BCUT2D eigenvalue weighted by atomic mass is 10.3. The van der Waals surface area contributed by atoms with Crippen LogP contribution in [0.4, 0.5) is 10.1 Å². The van der Waals surface area contributed by atoms with Crippen LogP contribution in [0.2, 0.25) is 0 Å². The van der Waals surface area contributed by atoms with E-state index in [0.29, 0.717) is 10.6 Å². The lowest BCUT2D eigenvalue weighted by molar-refractivity contribution is -0.119. The second kappa shape index (κ2) is 6.76. The molecule has 1 aromatic heterocycles. The number of hydrogen-bond acceptors (Lipinski definition) is 4. The quantitative estimate of drug-likeness (QED) is 0.657. The minimum Gasteiger partial charge on any atom is -0.398 e. The zero-order chi connectivity index (χ0) is 14.5. The van der Waals surface area contributed by atoms with Crippen LogP contribution in [-0.2, 0) is 4.79 Å². The Hall–Kier alpha value is -1.53. The van der Waals surface area contributed by atoms with E-state index in [1.807, 2.05) is 24.4 Å². The van der Waals surface area contributed by atoms with E-state index >= 15 is 0 Å². The van der Waals surface area contributed by atoms with E-state index in [4.69, 9.17) is 5.73 Å². The summed E-state index contributed by atoms with van der Waals surface area (Å²) in [6, 6.07) is 8.12. The van der Waals surface area contributed by atoms with E-state index in [-0.39, 0.29) is 23.5 Å². The van der Waals surface area contributed by atoms with E-state index in [1.165, 1.54) is 23.9 Å².